The molecule has 1 aromatic carbocycles. The van der Waals surface area contributed by atoms with Crippen LogP contribution in [0.1, 0.15) is 44.4 Å². The van der Waals surface area contributed by atoms with E-state index in [0.29, 0.717) is 13.2 Å². The van der Waals surface area contributed by atoms with E-state index < -0.39 is 0 Å². The number of hydrogen-bond donors (Lipinski definition) is 1. The van der Waals surface area contributed by atoms with E-state index >= 15 is 0 Å². The molecule has 0 saturated heterocycles. The second-order valence-electron chi connectivity index (χ2n) is 4.26. The Morgan fingerprint density at radius 3 is 2.58 bits per heavy atom. The van der Waals surface area contributed by atoms with Gasteiger partial charge in [0.25, 0.3) is 0 Å². The average molecular weight is 265 g/mol. The minimum absolute atomic E-state index is 0.203. The fraction of sp³-hybridized carbons (Fsp3) is 0.533. The van der Waals surface area contributed by atoms with Gasteiger partial charge in [0.05, 0.1) is 19.6 Å². The third-order valence-electron chi connectivity index (χ3n) is 2.90. The van der Waals surface area contributed by atoms with E-state index in [2.05, 4.69) is 6.92 Å². The molecule has 0 fully saturated rings. The van der Waals surface area contributed by atoms with Crippen LogP contribution >= 0.6 is 0 Å². The quantitative estimate of drug-likeness (QED) is 0.770. The van der Waals surface area contributed by atoms with Crippen molar-refractivity contribution in [2.75, 3.05) is 13.2 Å². The third kappa shape index (κ3) is 4.56. The second kappa shape index (κ2) is 7.79. The molecule has 4 heteroatoms. The van der Waals surface area contributed by atoms with Crippen LogP contribution in [0.4, 0.5) is 0 Å². The monoisotopic (exact) mass is 265 g/mol. The molecule has 1 aromatic rings. The molecule has 0 radical (unpaired) electrons. The Morgan fingerprint density at radius 2 is 2.00 bits per heavy atom. The molecule has 0 aliphatic rings. The Morgan fingerprint density at radius 1 is 1.26 bits per heavy atom. The molecule has 1 unspecified atom stereocenters. The van der Waals surface area contributed by atoms with Crippen LogP contribution in [-0.4, -0.2) is 19.2 Å². The van der Waals surface area contributed by atoms with Gasteiger partial charge in [-0.25, -0.2) is 0 Å². The number of benzene rings is 1. The lowest BCUT2D eigenvalue weighted by Gasteiger charge is -2.16. The normalized spacial score (nSPS) is 12.0. The van der Waals surface area contributed by atoms with E-state index in [1.165, 1.54) is 0 Å². The summed E-state index contributed by atoms with van der Waals surface area (Å²) in [6.45, 7) is 6.82. The van der Waals surface area contributed by atoms with E-state index in [4.69, 9.17) is 15.2 Å². The Labute approximate surface area is 114 Å². The smallest absolute Gasteiger partial charge is 0.307 e. The van der Waals surface area contributed by atoms with Crippen molar-refractivity contribution in [1.29, 1.82) is 0 Å². The highest BCUT2D eigenvalue weighted by Gasteiger charge is 2.15. The lowest BCUT2D eigenvalue weighted by Crippen LogP contribution is -2.18. The van der Waals surface area contributed by atoms with E-state index in [1.807, 2.05) is 25.1 Å². The van der Waals surface area contributed by atoms with Crippen LogP contribution in [0.15, 0.2) is 18.2 Å². The molecule has 0 aromatic heterocycles. The van der Waals surface area contributed by atoms with Gasteiger partial charge in [-0.15, -0.1) is 0 Å². The molecular weight excluding hydrogens is 242 g/mol. The average Bonchev–Trinajstić information content (AvgIpc) is 2.39. The summed E-state index contributed by atoms with van der Waals surface area (Å²) in [6, 6.07) is 5.49. The van der Waals surface area contributed by atoms with Gasteiger partial charge in [-0.05, 0) is 43.5 Å². The Bertz CT molecular complexity index is 418. The molecule has 19 heavy (non-hydrogen) atoms. The van der Waals surface area contributed by atoms with Crippen molar-refractivity contribution in [2.45, 2.75) is 39.7 Å². The molecule has 0 aliphatic carbocycles. The summed E-state index contributed by atoms with van der Waals surface area (Å²) >= 11 is 0. The molecular formula is C15H23NO3. The zero-order chi connectivity index (χ0) is 14.3. The van der Waals surface area contributed by atoms with Crippen molar-refractivity contribution >= 4 is 5.97 Å². The standard InChI is InChI=1S/C15H23NO3/c1-4-11-9-12(18-5-2)7-8-13(11)14(16)10-15(17)19-6-3/h7-9,14H,4-6,10,16H2,1-3H3. The minimum atomic E-state index is -0.329. The van der Waals surface area contributed by atoms with Crippen molar-refractivity contribution < 1.29 is 14.3 Å². The Balaban J connectivity index is 2.83. The van der Waals surface area contributed by atoms with Crippen LogP contribution in [0.25, 0.3) is 0 Å². The molecule has 0 heterocycles. The zero-order valence-electron chi connectivity index (χ0n) is 11.9. The van der Waals surface area contributed by atoms with Gasteiger partial charge < -0.3 is 15.2 Å². The largest absolute Gasteiger partial charge is 0.494 e. The summed E-state index contributed by atoms with van der Waals surface area (Å²) in [6.07, 6.45) is 1.06. The first-order valence-electron chi connectivity index (χ1n) is 6.79. The predicted molar refractivity (Wildman–Crippen MR) is 75.2 cm³/mol. The van der Waals surface area contributed by atoms with Crippen molar-refractivity contribution in [3.63, 3.8) is 0 Å². The summed E-state index contributed by atoms with van der Waals surface area (Å²) in [5.41, 5.74) is 8.18. The first-order chi connectivity index (χ1) is 9.12. The number of carbonyl (C=O) groups excluding carboxylic acids is 1. The van der Waals surface area contributed by atoms with Crippen LogP contribution in [0.2, 0.25) is 0 Å². The number of carbonyl (C=O) groups is 1. The number of esters is 1. The molecule has 2 N–H and O–H groups in total. The van der Waals surface area contributed by atoms with Gasteiger partial charge in [-0.2, -0.15) is 0 Å². The fourth-order valence-corrected chi connectivity index (χ4v) is 2.02. The highest BCUT2D eigenvalue weighted by atomic mass is 16.5. The van der Waals surface area contributed by atoms with Gasteiger partial charge in [0.1, 0.15) is 5.75 Å². The molecule has 0 amide bonds. The lowest BCUT2D eigenvalue weighted by molar-refractivity contribution is -0.143. The van der Waals surface area contributed by atoms with E-state index in [0.717, 1.165) is 23.3 Å². The molecule has 0 saturated carbocycles. The highest BCUT2D eigenvalue weighted by Crippen LogP contribution is 2.24. The van der Waals surface area contributed by atoms with Gasteiger partial charge in [-0.1, -0.05) is 13.0 Å². The molecule has 4 nitrogen and oxygen atoms in total. The second-order valence-corrected chi connectivity index (χ2v) is 4.26. The summed E-state index contributed by atoms with van der Waals surface area (Å²) in [5.74, 6) is 0.581. The number of aryl methyl sites for hydroxylation is 1. The van der Waals surface area contributed by atoms with E-state index in [9.17, 15) is 4.79 Å². The molecule has 0 spiro atoms. The summed E-state index contributed by atoms with van der Waals surface area (Å²) in [4.78, 5) is 11.5. The number of rotatable bonds is 7. The van der Waals surface area contributed by atoms with Gasteiger partial charge in [0, 0.05) is 6.04 Å². The van der Waals surface area contributed by atoms with Crippen LogP contribution in [0.3, 0.4) is 0 Å². The van der Waals surface area contributed by atoms with Crippen LogP contribution in [0.5, 0.6) is 5.75 Å². The fourth-order valence-electron chi connectivity index (χ4n) is 2.02. The lowest BCUT2D eigenvalue weighted by atomic mass is 9.97. The maximum atomic E-state index is 11.5. The number of ether oxygens (including phenoxy) is 2. The maximum Gasteiger partial charge on any atom is 0.307 e. The van der Waals surface area contributed by atoms with Gasteiger partial charge >= 0.3 is 5.97 Å². The van der Waals surface area contributed by atoms with Crippen molar-refractivity contribution in [2.24, 2.45) is 5.73 Å². The minimum Gasteiger partial charge on any atom is -0.494 e. The van der Waals surface area contributed by atoms with Gasteiger partial charge in [0.15, 0.2) is 0 Å². The topological polar surface area (TPSA) is 61.5 Å². The van der Waals surface area contributed by atoms with Crippen LogP contribution < -0.4 is 10.5 Å². The van der Waals surface area contributed by atoms with Crippen molar-refractivity contribution in [3.05, 3.63) is 29.3 Å². The molecule has 106 valence electrons. The highest BCUT2D eigenvalue weighted by molar-refractivity contribution is 5.70. The summed E-state index contributed by atoms with van der Waals surface area (Å²) in [7, 11) is 0. The van der Waals surface area contributed by atoms with Crippen molar-refractivity contribution in [3.8, 4) is 5.75 Å². The first kappa shape index (κ1) is 15.5. The van der Waals surface area contributed by atoms with Gasteiger partial charge in [0.2, 0.25) is 0 Å². The zero-order valence-corrected chi connectivity index (χ0v) is 11.9. The van der Waals surface area contributed by atoms with Gasteiger partial charge in [-0.3, -0.25) is 4.79 Å². The summed E-state index contributed by atoms with van der Waals surface area (Å²) in [5, 5.41) is 0. The van der Waals surface area contributed by atoms with Crippen LogP contribution in [0, 0.1) is 0 Å². The SMILES string of the molecule is CCOC(=O)CC(N)c1ccc(OCC)cc1CC. The van der Waals surface area contributed by atoms with E-state index in [1.54, 1.807) is 6.92 Å². The third-order valence-corrected chi connectivity index (χ3v) is 2.90. The first-order valence-corrected chi connectivity index (χ1v) is 6.79. The molecule has 0 aliphatic heterocycles. The predicted octanol–water partition coefficient (Wildman–Crippen LogP) is 2.60. The van der Waals surface area contributed by atoms with Crippen LogP contribution in [-0.2, 0) is 16.0 Å². The molecule has 0 bridgehead atoms. The number of hydrogen-bond acceptors (Lipinski definition) is 4. The van der Waals surface area contributed by atoms with Crippen molar-refractivity contribution in [1.82, 2.24) is 0 Å². The summed E-state index contributed by atoms with van der Waals surface area (Å²) < 4.78 is 10.4. The Kier molecular flexibility index (Phi) is 6.36. The Hall–Kier alpha value is -1.55. The van der Waals surface area contributed by atoms with E-state index in [-0.39, 0.29) is 18.4 Å². The molecule has 1 atom stereocenters. The molecule has 1 rings (SSSR count). The number of nitrogens with two attached hydrogens (primary N) is 1. The maximum absolute atomic E-state index is 11.5.